The van der Waals surface area contributed by atoms with E-state index in [4.69, 9.17) is 0 Å². The van der Waals surface area contributed by atoms with Crippen LogP contribution in [0.2, 0.25) is 0 Å². The van der Waals surface area contributed by atoms with Gasteiger partial charge in [-0.3, -0.25) is 0 Å². The molecule has 1 aromatic carbocycles. The number of nitrogens with one attached hydrogen (secondary N) is 1. The van der Waals surface area contributed by atoms with Gasteiger partial charge in [-0.25, -0.2) is 8.78 Å². The van der Waals surface area contributed by atoms with Crippen LogP contribution in [0.25, 0.3) is 0 Å². The number of hydrogen-bond donors (Lipinski definition) is 1. The predicted octanol–water partition coefficient (Wildman–Crippen LogP) is 4.59. The van der Waals surface area contributed by atoms with Gasteiger partial charge in [0.25, 0.3) is 0 Å². The normalized spacial score (nSPS) is 26.9. The van der Waals surface area contributed by atoms with E-state index in [1.807, 2.05) is 0 Å². The molecule has 0 spiro atoms. The smallest absolute Gasteiger partial charge is 0.146 e. The minimum Gasteiger partial charge on any atom is -0.380 e. The highest BCUT2D eigenvalue weighted by atomic mass is 19.1. The molecular formula is C15H21F2N. The molecule has 0 aromatic heterocycles. The summed E-state index contributed by atoms with van der Waals surface area (Å²) < 4.78 is 26.7. The fourth-order valence-corrected chi connectivity index (χ4v) is 3.28. The Labute approximate surface area is 108 Å². The van der Waals surface area contributed by atoms with Crippen molar-refractivity contribution in [3.05, 3.63) is 29.8 Å². The molecule has 2 atom stereocenters. The number of anilines is 1. The van der Waals surface area contributed by atoms with Gasteiger partial charge in [-0.15, -0.1) is 0 Å². The summed E-state index contributed by atoms with van der Waals surface area (Å²) >= 11 is 0. The summed E-state index contributed by atoms with van der Waals surface area (Å²) in [5.41, 5.74) is 0.545. The lowest BCUT2D eigenvalue weighted by Gasteiger charge is -2.39. The Morgan fingerprint density at radius 2 is 1.94 bits per heavy atom. The Bertz CT molecular complexity index is 429. The van der Waals surface area contributed by atoms with Crippen molar-refractivity contribution in [3.8, 4) is 0 Å². The standard InChI is InChI=1S/C15H21F2N/c1-10-6-12(9-15(2,3)8-10)18-14-7-11(16)4-5-13(14)17/h4-5,7,10,12,18H,6,8-9H2,1-3H3. The molecular weight excluding hydrogens is 232 g/mol. The van der Waals surface area contributed by atoms with Crippen LogP contribution < -0.4 is 5.32 Å². The van der Waals surface area contributed by atoms with Crippen molar-refractivity contribution < 1.29 is 8.78 Å². The van der Waals surface area contributed by atoms with Gasteiger partial charge in [0, 0.05) is 6.04 Å². The van der Waals surface area contributed by atoms with Crippen LogP contribution in [0.1, 0.15) is 40.0 Å². The summed E-state index contributed by atoms with van der Waals surface area (Å²) in [5.74, 6) is -0.169. The van der Waals surface area contributed by atoms with Crippen LogP contribution in [0.15, 0.2) is 18.2 Å². The molecule has 100 valence electrons. The third-order valence-electron chi connectivity index (χ3n) is 3.67. The van der Waals surface area contributed by atoms with E-state index in [0.29, 0.717) is 5.92 Å². The van der Waals surface area contributed by atoms with Crippen molar-refractivity contribution in [3.63, 3.8) is 0 Å². The maximum atomic E-state index is 13.6. The summed E-state index contributed by atoms with van der Waals surface area (Å²) in [6, 6.07) is 3.78. The molecule has 0 amide bonds. The Morgan fingerprint density at radius 1 is 1.22 bits per heavy atom. The van der Waals surface area contributed by atoms with Crippen molar-refractivity contribution in [1.29, 1.82) is 0 Å². The maximum absolute atomic E-state index is 13.6. The van der Waals surface area contributed by atoms with Crippen LogP contribution in [0.4, 0.5) is 14.5 Å². The number of halogens is 2. The summed E-state index contributed by atoms with van der Waals surface area (Å²) in [7, 11) is 0. The molecule has 0 bridgehead atoms. The van der Waals surface area contributed by atoms with E-state index in [1.165, 1.54) is 18.6 Å². The van der Waals surface area contributed by atoms with Gasteiger partial charge in [0.15, 0.2) is 0 Å². The average molecular weight is 253 g/mol. The van der Waals surface area contributed by atoms with Crippen molar-refractivity contribution in [1.82, 2.24) is 0 Å². The topological polar surface area (TPSA) is 12.0 Å². The second kappa shape index (κ2) is 4.87. The molecule has 2 rings (SSSR count). The van der Waals surface area contributed by atoms with Gasteiger partial charge in [-0.05, 0) is 48.8 Å². The highest BCUT2D eigenvalue weighted by molar-refractivity contribution is 5.45. The van der Waals surface area contributed by atoms with Gasteiger partial charge in [-0.1, -0.05) is 20.8 Å². The van der Waals surface area contributed by atoms with E-state index in [1.54, 1.807) is 0 Å². The molecule has 0 heterocycles. The molecule has 1 fully saturated rings. The van der Waals surface area contributed by atoms with Crippen molar-refractivity contribution in [2.75, 3.05) is 5.32 Å². The molecule has 1 aromatic rings. The van der Waals surface area contributed by atoms with Gasteiger partial charge in [0.2, 0.25) is 0 Å². The van der Waals surface area contributed by atoms with E-state index in [0.717, 1.165) is 18.9 Å². The molecule has 1 saturated carbocycles. The van der Waals surface area contributed by atoms with E-state index in [9.17, 15) is 8.78 Å². The molecule has 0 aliphatic heterocycles. The minimum absolute atomic E-state index is 0.222. The summed E-state index contributed by atoms with van der Waals surface area (Å²) in [6.45, 7) is 6.69. The molecule has 18 heavy (non-hydrogen) atoms. The van der Waals surface area contributed by atoms with Gasteiger partial charge in [0.1, 0.15) is 11.6 Å². The highest BCUT2D eigenvalue weighted by Gasteiger charge is 2.32. The zero-order valence-electron chi connectivity index (χ0n) is 11.3. The fourth-order valence-electron chi connectivity index (χ4n) is 3.28. The van der Waals surface area contributed by atoms with Crippen molar-refractivity contribution >= 4 is 5.69 Å². The molecule has 1 nitrogen and oxygen atoms in total. The summed E-state index contributed by atoms with van der Waals surface area (Å²) in [5, 5.41) is 3.16. The second-order valence-corrected chi connectivity index (χ2v) is 6.38. The first-order valence-electron chi connectivity index (χ1n) is 6.57. The van der Waals surface area contributed by atoms with E-state index in [-0.39, 0.29) is 23.0 Å². The maximum Gasteiger partial charge on any atom is 0.146 e. The molecule has 1 aliphatic rings. The Morgan fingerprint density at radius 3 is 2.61 bits per heavy atom. The van der Waals surface area contributed by atoms with Crippen LogP contribution >= 0.6 is 0 Å². The van der Waals surface area contributed by atoms with E-state index < -0.39 is 5.82 Å². The SMILES string of the molecule is CC1CC(Nc2cc(F)ccc2F)CC(C)(C)C1. The van der Waals surface area contributed by atoms with Crippen LogP contribution in [-0.4, -0.2) is 6.04 Å². The summed E-state index contributed by atoms with van der Waals surface area (Å²) in [4.78, 5) is 0. The second-order valence-electron chi connectivity index (χ2n) is 6.38. The molecule has 2 unspecified atom stereocenters. The zero-order valence-corrected chi connectivity index (χ0v) is 11.3. The number of benzene rings is 1. The molecule has 0 radical (unpaired) electrons. The van der Waals surface area contributed by atoms with Crippen LogP contribution in [0, 0.1) is 23.0 Å². The number of rotatable bonds is 2. The van der Waals surface area contributed by atoms with Crippen molar-refractivity contribution in [2.24, 2.45) is 11.3 Å². The van der Waals surface area contributed by atoms with Crippen molar-refractivity contribution in [2.45, 2.75) is 46.1 Å². The first-order chi connectivity index (χ1) is 8.35. The molecule has 3 heteroatoms. The molecule has 0 saturated heterocycles. The van der Waals surface area contributed by atoms with Gasteiger partial charge >= 0.3 is 0 Å². The summed E-state index contributed by atoms with van der Waals surface area (Å²) in [6.07, 6.45) is 3.20. The average Bonchev–Trinajstić information content (AvgIpc) is 2.20. The van der Waals surface area contributed by atoms with E-state index >= 15 is 0 Å². The largest absolute Gasteiger partial charge is 0.380 e. The Balaban J connectivity index is 2.11. The lowest BCUT2D eigenvalue weighted by Crippen LogP contribution is -2.35. The highest BCUT2D eigenvalue weighted by Crippen LogP contribution is 2.39. The quantitative estimate of drug-likeness (QED) is 0.812. The third-order valence-corrected chi connectivity index (χ3v) is 3.67. The Hall–Kier alpha value is -1.12. The first-order valence-corrected chi connectivity index (χ1v) is 6.57. The van der Waals surface area contributed by atoms with E-state index in [2.05, 4.69) is 26.1 Å². The van der Waals surface area contributed by atoms with Crippen LogP contribution in [0.3, 0.4) is 0 Å². The third kappa shape index (κ3) is 3.21. The zero-order chi connectivity index (χ0) is 13.3. The fraction of sp³-hybridized carbons (Fsp3) is 0.600. The predicted molar refractivity (Wildman–Crippen MR) is 70.6 cm³/mol. The minimum atomic E-state index is -0.401. The van der Waals surface area contributed by atoms with Gasteiger partial charge in [-0.2, -0.15) is 0 Å². The van der Waals surface area contributed by atoms with Gasteiger partial charge < -0.3 is 5.32 Å². The lowest BCUT2D eigenvalue weighted by molar-refractivity contribution is 0.177. The molecule has 1 N–H and O–H groups in total. The van der Waals surface area contributed by atoms with Gasteiger partial charge in [0.05, 0.1) is 5.69 Å². The van der Waals surface area contributed by atoms with Crippen LogP contribution in [0.5, 0.6) is 0 Å². The Kier molecular flexibility index (Phi) is 3.60. The first kappa shape index (κ1) is 13.3. The number of hydrogen-bond acceptors (Lipinski definition) is 1. The van der Waals surface area contributed by atoms with Crippen LogP contribution in [-0.2, 0) is 0 Å². The monoisotopic (exact) mass is 253 g/mol. The molecule has 1 aliphatic carbocycles. The lowest BCUT2D eigenvalue weighted by atomic mass is 9.70.